The number of aliphatic hydroxyl groups is 1. The topological polar surface area (TPSA) is 90.4 Å². The molecule has 0 aromatic heterocycles. The first-order valence-electron chi connectivity index (χ1n) is 15.5. The number of carbonyl (C=O) groups excluding carboxylic acids is 3. The van der Waals surface area contributed by atoms with Crippen LogP contribution in [-0.2, 0) is 25.7 Å². The maximum Gasteiger partial charge on any atom is 0.249 e. The Labute approximate surface area is 253 Å². The molecular formula is C35H41N3O5. The molecule has 1 N–H and O–H groups in total. The molecule has 4 aliphatic rings. The number of likely N-dealkylation sites (tertiary alicyclic amines) is 1. The second kappa shape index (κ2) is 11.7. The van der Waals surface area contributed by atoms with E-state index in [4.69, 9.17) is 4.74 Å². The molecule has 4 heterocycles. The molecule has 0 radical (unpaired) electrons. The van der Waals surface area contributed by atoms with Crippen LogP contribution in [0.1, 0.15) is 50.3 Å². The van der Waals surface area contributed by atoms with Gasteiger partial charge < -0.3 is 24.5 Å². The van der Waals surface area contributed by atoms with E-state index >= 15 is 0 Å². The van der Waals surface area contributed by atoms with Gasteiger partial charge in [-0.15, -0.1) is 0 Å². The van der Waals surface area contributed by atoms with Crippen molar-refractivity contribution in [1.82, 2.24) is 14.7 Å². The molecule has 0 saturated carbocycles. The molecule has 43 heavy (non-hydrogen) atoms. The molecule has 8 nitrogen and oxygen atoms in total. The third kappa shape index (κ3) is 4.90. The minimum atomic E-state index is -1.36. The smallest absolute Gasteiger partial charge is 0.249 e. The van der Waals surface area contributed by atoms with E-state index in [2.05, 4.69) is 6.92 Å². The summed E-state index contributed by atoms with van der Waals surface area (Å²) in [5.41, 5.74) is -0.718. The standard InChI is InChI=1S/C35H41N3O5/c1-3-4-11-20-36-21-13-19-35-29(32(41)38(30(35)33(36)42)27(24-39)26-16-9-6-10-17-26)28-31(40)37(22-12-18-34(28,2)43-35)23-25-14-7-5-8-15-25/h5-10,12-19,27-30,39H,3-4,11,20-24H2,1-2H3/t27-,28-,29+,30?,34+,35+/m1/s1. The highest BCUT2D eigenvalue weighted by atomic mass is 16.5. The van der Waals surface area contributed by atoms with Crippen molar-refractivity contribution in [1.29, 1.82) is 0 Å². The number of benzene rings is 2. The Balaban J connectivity index is 1.45. The van der Waals surface area contributed by atoms with E-state index in [1.165, 1.54) is 4.90 Å². The number of hydrogen-bond acceptors (Lipinski definition) is 5. The van der Waals surface area contributed by atoms with Gasteiger partial charge in [0.2, 0.25) is 17.7 Å². The quantitative estimate of drug-likeness (QED) is 0.358. The lowest BCUT2D eigenvalue weighted by Gasteiger charge is -2.40. The van der Waals surface area contributed by atoms with Gasteiger partial charge in [0.25, 0.3) is 0 Å². The predicted molar refractivity (Wildman–Crippen MR) is 162 cm³/mol. The zero-order valence-electron chi connectivity index (χ0n) is 25.0. The molecule has 2 aromatic rings. The number of nitrogens with zero attached hydrogens (tertiary/aromatic N) is 3. The lowest BCUT2D eigenvalue weighted by molar-refractivity contribution is -0.156. The first kappa shape index (κ1) is 29.3. The summed E-state index contributed by atoms with van der Waals surface area (Å²) in [6.07, 6.45) is 10.5. The van der Waals surface area contributed by atoms with E-state index in [0.29, 0.717) is 26.2 Å². The van der Waals surface area contributed by atoms with Crippen LogP contribution < -0.4 is 0 Å². The molecule has 1 unspecified atom stereocenters. The van der Waals surface area contributed by atoms with Crippen molar-refractivity contribution in [3.05, 3.63) is 96.1 Å². The molecule has 2 aromatic carbocycles. The van der Waals surface area contributed by atoms with Crippen molar-refractivity contribution in [3.8, 4) is 0 Å². The molecule has 3 amide bonds. The van der Waals surface area contributed by atoms with Gasteiger partial charge >= 0.3 is 0 Å². The minimum Gasteiger partial charge on any atom is -0.394 e. The van der Waals surface area contributed by atoms with Crippen LogP contribution in [0.3, 0.4) is 0 Å². The van der Waals surface area contributed by atoms with E-state index < -0.39 is 35.1 Å². The fourth-order valence-corrected chi connectivity index (χ4v) is 7.62. The lowest BCUT2D eigenvalue weighted by Crippen LogP contribution is -2.57. The van der Waals surface area contributed by atoms with Crippen molar-refractivity contribution in [2.24, 2.45) is 11.8 Å². The zero-order valence-corrected chi connectivity index (χ0v) is 25.0. The van der Waals surface area contributed by atoms with Gasteiger partial charge in [-0.05, 0) is 24.5 Å². The van der Waals surface area contributed by atoms with Crippen LogP contribution in [0.25, 0.3) is 0 Å². The summed E-state index contributed by atoms with van der Waals surface area (Å²) in [5, 5.41) is 10.7. The Morgan fingerprint density at radius 3 is 2.23 bits per heavy atom. The summed E-state index contributed by atoms with van der Waals surface area (Å²) in [5.74, 6) is -2.47. The SMILES string of the molecule is CCCCCN1CC=C[C@]23O[C@@]4(C)C=CCN(Cc5ccccc5)C(=O)[C@H]4[C@H]2C(=O)N([C@H](CO)c2ccccc2)C3C1=O. The number of hydrogen-bond donors (Lipinski definition) is 1. The molecule has 4 aliphatic heterocycles. The molecule has 6 rings (SSSR count). The summed E-state index contributed by atoms with van der Waals surface area (Å²) in [7, 11) is 0. The summed E-state index contributed by atoms with van der Waals surface area (Å²) in [6.45, 7) is 5.39. The summed E-state index contributed by atoms with van der Waals surface area (Å²) >= 11 is 0. The lowest BCUT2D eigenvalue weighted by atomic mass is 9.74. The number of fused-ring (bicyclic) bond motifs is 2. The first-order valence-corrected chi connectivity index (χ1v) is 15.5. The van der Waals surface area contributed by atoms with Crippen LogP contribution in [0.4, 0.5) is 0 Å². The number of carbonyl (C=O) groups is 3. The third-order valence-corrected chi connectivity index (χ3v) is 9.60. The summed E-state index contributed by atoms with van der Waals surface area (Å²) < 4.78 is 6.96. The van der Waals surface area contributed by atoms with Gasteiger partial charge in [0.1, 0.15) is 11.6 Å². The molecular weight excluding hydrogens is 542 g/mol. The van der Waals surface area contributed by atoms with E-state index in [1.807, 2.05) is 91.9 Å². The van der Waals surface area contributed by atoms with Crippen molar-refractivity contribution in [2.45, 2.75) is 62.9 Å². The van der Waals surface area contributed by atoms with Gasteiger partial charge in [0, 0.05) is 26.2 Å². The molecule has 2 fully saturated rings. The third-order valence-electron chi connectivity index (χ3n) is 9.60. The molecule has 0 bridgehead atoms. The summed E-state index contributed by atoms with van der Waals surface area (Å²) in [4.78, 5) is 48.9. The van der Waals surface area contributed by atoms with Crippen molar-refractivity contribution in [2.75, 3.05) is 26.2 Å². The largest absolute Gasteiger partial charge is 0.394 e. The van der Waals surface area contributed by atoms with Crippen LogP contribution >= 0.6 is 0 Å². The molecule has 0 aliphatic carbocycles. The van der Waals surface area contributed by atoms with Crippen LogP contribution in [0.15, 0.2) is 85.0 Å². The Morgan fingerprint density at radius 1 is 0.860 bits per heavy atom. The van der Waals surface area contributed by atoms with E-state index in [1.54, 1.807) is 9.80 Å². The first-order chi connectivity index (χ1) is 20.8. The number of rotatable bonds is 9. The van der Waals surface area contributed by atoms with Gasteiger partial charge in [0.05, 0.1) is 30.1 Å². The maximum atomic E-state index is 14.8. The van der Waals surface area contributed by atoms with Crippen LogP contribution in [0.5, 0.6) is 0 Å². The molecule has 2 saturated heterocycles. The number of aliphatic hydroxyl groups excluding tert-OH is 1. The fourth-order valence-electron chi connectivity index (χ4n) is 7.62. The monoisotopic (exact) mass is 583 g/mol. The Hall–Kier alpha value is -3.75. The van der Waals surface area contributed by atoms with E-state index in [9.17, 15) is 19.5 Å². The van der Waals surface area contributed by atoms with Crippen LogP contribution in [0, 0.1) is 11.8 Å². The predicted octanol–water partition coefficient (Wildman–Crippen LogP) is 3.88. The number of unbranched alkanes of at least 4 members (excludes halogenated alkanes) is 2. The van der Waals surface area contributed by atoms with Gasteiger partial charge in [-0.1, -0.05) is 105 Å². The van der Waals surface area contributed by atoms with Crippen LogP contribution in [0.2, 0.25) is 0 Å². The Bertz CT molecular complexity index is 1410. The maximum absolute atomic E-state index is 14.8. The van der Waals surface area contributed by atoms with Crippen molar-refractivity contribution >= 4 is 17.7 Å². The Kier molecular flexibility index (Phi) is 8.00. The zero-order chi connectivity index (χ0) is 30.2. The van der Waals surface area contributed by atoms with E-state index in [-0.39, 0.29) is 24.3 Å². The highest BCUT2D eigenvalue weighted by Gasteiger charge is 2.75. The van der Waals surface area contributed by atoms with Gasteiger partial charge in [-0.25, -0.2) is 0 Å². The number of amides is 3. The average Bonchev–Trinajstić information content (AvgIpc) is 3.29. The van der Waals surface area contributed by atoms with E-state index in [0.717, 1.165) is 30.4 Å². The second-order valence-electron chi connectivity index (χ2n) is 12.4. The van der Waals surface area contributed by atoms with Crippen molar-refractivity contribution < 1.29 is 24.2 Å². The second-order valence-corrected chi connectivity index (χ2v) is 12.4. The normalized spacial score (nSPS) is 30.6. The number of ether oxygens (including phenoxy) is 1. The van der Waals surface area contributed by atoms with Gasteiger partial charge in [0.15, 0.2) is 0 Å². The molecule has 6 atom stereocenters. The van der Waals surface area contributed by atoms with Gasteiger partial charge in [-0.2, -0.15) is 0 Å². The molecule has 1 spiro atoms. The highest BCUT2D eigenvalue weighted by molar-refractivity contribution is 6.00. The van der Waals surface area contributed by atoms with Crippen molar-refractivity contribution in [3.63, 3.8) is 0 Å². The average molecular weight is 584 g/mol. The fraction of sp³-hybridized carbons (Fsp3) is 0.457. The highest BCUT2D eigenvalue weighted by Crippen LogP contribution is 2.58. The Morgan fingerprint density at radius 2 is 1.53 bits per heavy atom. The minimum absolute atomic E-state index is 0.169. The molecule has 226 valence electrons. The summed E-state index contributed by atoms with van der Waals surface area (Å²) in [6, 6.07) is 17.3. The molecule has 8 heteroatoms. The van der Waals surface area contributed by atoms with Crippen LogP contribution in [-0.4, -0.2) is 81.0 Å². The van der Waals surface area contributed by atoms with Gasteiger partial charge in [-0.3, -0.25) is 14.4 Å².